The van der Waals surface area contributed by atoms with Gasteiger partial charge in [0.1, 0.15) is 6.10 Å². The smallest absolute Gasteiger partial charge is 0.338 e. The first kappa shape index (κ1) is 19.4. The third-order valence-corrected chi connectivity index (χ3v) is 4.09. The van der Waals surface area contributed by atoms with E-state index in [9.17, 15) is 14.4 Å². The van der Waals surface area contributed by atoms with E-state index in [4.69, 9.17) is 4.74 Å². The quantitative estimate of drug-likeness (QED) is 0.807. The van der Waals surface area contributed by atoms with Crippen molar-refractivity contribution in [3.63, 3.8) is 0 Å². The number of hydrogen-bond acceptors (Lipinski definition) is 4. The number of hydrogen-bond donors (Lipinski definition) is 1. The maximum atomic E-state index is 12.5. The van der Waals surface area contributed by atoms with Gasteiger partial charge in [0.25, 0.3) is 5.91 Å². The number of ether oxygens (including phenoxy) is 1. The highest BCUT2D eigenvalue weighted by Crippen LogP contribution is 2.19. The summed E-state index contributed by atoms with van der Waals surface area (Å²) in [5, 5.41) is 2.38. The van der Waals surface area contributed by atoms with Crippen LogP contribution in [0.15, 0.2) is 60.7 Å². The van der Waals surface area contributed by atoms with Gasteiger partial charge in [0.15, 0.2) is 0 Å². The molecular formula is C21H23NO4. The highest BCUT2D eigenvalue weighted by atomic mass is 16.5. The van der Waals surface area contributed by atoms with Crippen LogP contribution in [-0.2, 0) is 9.53 Å². The third kappa shape index (κ3) is 5.02. The summed E-state index contributed by atoms with van der Waals surface area (Å²) in [6.07, 6.45) is -0.647. The number of carbonyl (C=O) groups is 3. The van der Waals surface area contributed by atoms with E-state index in [-0.39, 0.29) is 5.92 Å². The molecule has 5 nitrogen and oxygen atoms in total. The van der Waals surface area contributed by atoms with Crippen LogP contribution in [0.2, 0.25) is 0 Å². The Hall–Kier alpha value is -2.95. The minimum absolute atomic E-state index is 0.0877. The zero-order chi connectivity index (χ0) is 19.1. The van der Waals surface area contributed by atoms with Crippen molar-refractivity contribution in [2.45, 2.75) is 26.9 Å². The Kier molecular flexibility index (Phi) is 6.67. The van der Waals surface area contributed by atoms with Crippen LogP contribution in [0, 0.1) is 11.8 Å². The van der Waals surface area contributed by atoms with Gasteiger partial charge in [0.05, 0.1) is 11.5 Å². The van der Waals surface area contributed by atoms with Crippen LogP contribution in [0.1, 0.15) is 41.5 Å². The second-order valence-corrected chi connectivity index (χ2v) is 6.45. The summed E-state index contributed by atoms with van der Waals surface area (Å²) < 4.78 is 5.56. The first-order valence-electron chi connectivity index (χ1n) is 8.56. The molecule has 0 saturated heterocycles. The van der Waals surface area contributed by atoms with Crippen molar-refractivity contribution in [2.24, 2.45) is 11.8 Å². The molecule has 2 aromatic carbocycles. The maximum Gasteiger partial charge on any atom is 0.338 e. The molecule has 0 bridgehead atoms. The first-order chi connectivity index (χ1) is 12.4. The Balaban J connectivity index is 2.05. The van der Waals surface area contributed by atoms with E-state index < -0.39 is 29.8 Å². The van der Waals surface area contributed by atoms with Gasteiger partial charge in [0.2, 0.25) is 5.91 Å². The van der Waals surface area contributed by atoms with Crippen LogP contribution in [-0.4, -0.2) is 23.9 Å². The predicted molar refractivity (Wildman–Crippen MR) is 98.6 cm³/mol. The standard InChI is InChI=1S/C21H23NO4/c1-14(2)18(26-21(25)17-12-8-5-9-13-17)15(3)19(23)22-20(24)16-10-6-4-7-11-16/h4-15,18H,1-3H3,(H,22,23,24)/t15-,18-/m0/s1. The van der Waals surface area contributed by atoms with Gasteiger partial charge in [-0.25, -0.2) is 4.79 Å². The van der Waals surface area contributed by atoms with Gasteiger partial charge in [0, 0.05) is 5.56 Å². The molecule has 0 fully saturated rings. The molecule has 0 unspecified atom stereocenters. The van der Waals surface area contributed by atoms with Crippen LogP contribution in [0.25, 0.3) is 0 Å². The molecule has 0 saturated carbocycles. The number of rotatable bonds is 6. The number of amides is 2. The van der Waals surface area contributed by atoms with E-state index in [1.165, 1.54) is 0 Å². The van der Waals surface area contributed by atoms with E-state index in [1.54, 1.807) is 61.5 Å². The van der Waals surface area contributed by atoms with Crippen LogP contribution in [0.5, 0.6) is 0 Å². The largest absolute Gasteiger partial charge is 0.458 e. The molecule has 2 rings (SSSR count). The lowest BCUT2D eigenvalue weighted by molar-refractivity contribution is -0.128. The van der Waals surface area contributed by atoms with E-state index in [0.717, 1.165) is 0 Å². The molecule has 26 heavy (non-hydrogen) atoms. The fourth-order valence-electron chi connectivity index (χ4n) is 2.62. The van der Waals surface area contributed by atoms with Crippen molar-refractivity contribution >= 4 is 17.8 Å². The molecule has 5 heteroatoms. The molecule has 0 aliphatic rings. The molecule has 136 valence electrons. The molecular weight excluding hydrogens is 330 g/mol. The molecule has 0 heterocycles. The molecule has 1 N–H and O–H groups in total. The number of benzene rings is 2. The number of nitrogens with one attached hydrogen (secondary N) is 1. The zero-order valence-electron chi connectivity index (χ0n) is 15.1. The fourth-order valence-corrected chi connectivity index (χ4v) is 2.62. The molecule has 0 aromatic heterocycles. The van der Waals surface area contributed by atoms with Crippen LogP contribution < -0.4 is 5.32 Å². The monoisotopic (exact) mass is 353 g/mol. The van der Waals surface area contributed by atoms with Crippen molar-refractivity contribution in [2.75, 3.05) is 0 Å². The predicted octanol–water partition coefficient (Wildman–Crippen LogP) is 3.46. The van der Waals surface area contributed by atoms with Gasteiger partial charge in [-0.2, -0.15) is 0 Å². The molecule has 0 radical (unpaired) electrons. The van der Waals surface area contributed by atoms with Crippen molar-refractivity contribution in [3.8, 4) is 0 Å². The first-order valence-corrected chi connectivity index (χ1v) is 8.56. The lowest BCUT2D eigenvalue weighted by Crippen LogP contribution is -2.42. The van der Waals surface area contributed by atoms with Gasteiger partial charge in [-0.15, -0.1) is 0 Å². The summed E-state index contributed by atoms with van der Waals surface area (Å²) in [5.74, 6) is -2.19. The lowest BCUT2D eigenvalue weighted by atomic mass is 9.93. The summed E-state index contributed by atoms with van der Waals surface area (Å²) >= 11 is 0. The topological polar surface area (TPSA) is 72.5 Å². The second-order valence-electron chi connectivity index (χ2n) is 6.45. The van der Waals surface area contributed by atoms with E-state index >= 15 is 0 Å². The van der Waals surface area contributed by atoms with Crippen LogP contribution in [0.3, 0.4) is 0 Å². The van der Waals surface area contributed by atoms with E-state index in [2.05, 4.69) is 5.32 Å². The normalized spacial score (nSPS) is 12.9. The molecule has 0 aliphatic heterocycles. The molecule has 2 atom stereocenters. The third-order valence-electron chi connectivity index (χ3n) is 4.09. The fraction of sp³-hybridized carbons (Fsp3) is 0.286. The second kappa shape index (κ2) is 8.94. The van der Waals surface area contributed by atoms with E-state index in [0.29, 0.717) is 11.1 Å². The Labute approximate surface area is 153 Å². The SMILES string of the molecule is CC(C)[C@H](OC(=O)c1ccccc1)[C@H](C)C(=O)NC(=O)c1ccccc1. The molecule has 0 spiro atoms. The average molecular weight is 353 g/mol. The number of esters is 1. The minimum Gasteiger partial charge on any atom is -0.458 e. The Morgan fingerprint density at radius 3 is 1.81 bits per heavy atom. The Morgan fingerprint density at radius 2 is 1.31 bits per heavy atom. The number of imide groups is 1. The Bertz CT molecular complexity index is 756. The van der Waals surface area contributed by atoms with Gasteiger partial charge in [-0.1, -0.05) is 57.2 Å². The van der Waals surface area contributed by atoms with Gasteiger partial charge in [-0.05, 0) is 30.2 Å². The highest BCUT2D eigenvalue weighted by molar-refractivity contribution is 6.05. The van der Waals surface area contributed by atoms with Gasteiger partial charge < -0.3 is 4.74 Å². The Morgan fingerprint density at radius 1 is 0.808 bits per heavy atom. The summed E-state index contributed by atoms with van der Waals surface area (Å²) in [6.45, 7) is 5.38. The molecule has 0 aliphatic carbocycles. The maximum absolute atomic E-state index is 12.5. The van der Waals surface area contributed by atoms with Gasteiger partial charge in [-0.3, -0.25) is 14.9 Å². The molecule has 2 amide bonds. The van der Waals surface area contributed by atoms with Crippen LogP contribution >= 0.6 is 0 Å². The van der Waals surface area contributed by atoms with Crippen molar-refractivity contribution in [3.05, 3.63) is 71.8 Å². The number of carbonyl (C=O) groups excluding carboxylic acids is 3. The van der Waals surface area contributed by atoms with Crippen molar-refractivity contribution in [1.29, 1.82) is 0 Å². The average Bonchev–Trinajstić information content (AvgIpc) is 2.66. The zero-order valence-corrected chi connectivity index (χ0v) is 15.1. The summed E-state index contributed by atoms with van der Waals surface area (Å²) in [5.41, 5.74) is 0.821. The van der Waals surface area contributed by atoms with Crippen LogP contribution in [0.4, 0.5) is 0 Å². The van der Waals surface area contributed by atoms with E-state index in [1.807, 2.05) is 19.9 Å². The molecule has 2 aromatic rings. The minimum atomic E-state index is -0.671. The summed E-state index contributed by atoms with van der Waals surface area (Å²) in [4.78, 5) is 36.9. The van der Waals surface area contributed by atoms with Crippen molar-refractivity contribution < 1.29 is 19.1 Å². The van der Waals surface area contributed by atoms with Gasteiger partial charge >= 0.3 is 5.97 Å². The summed E-state index contributed by atoms with van der Waals surface area (Å²) in [6, 6.07) is 17.1. The highest BCUT2D eigenvalue weighted by Gasteiger charge is 2.31. The van der Waals surface area contributed by atoms with Crippen molar-refractivity contribution in [1.82, 2.24) is 5.32 Å². The lowest BCUT2D eigenvalue weighted by Gasteiger charge is -2.26. The summed E-state index contributed by atoms with van der Waals surface area (Å²) in [7, 11) is 0.